The monoisotopic (exact) mass is 311 g/mol. The molecule has 0 atom stereocenters. The van der Waals surface area contributed by atoms with E-state index in [0.717, 1.165) is 29.8 Å². The molecule has 2 rings (SSSR count). The van der Waals surface area contributed by atoms with Crippen molar-refractivity contribution in [2.45, 2.75) is 19.9 Å². The lowest BCUT2D eigenvalue weighted by atomic mass is 10.1. The first kappa shape index (κ1) is 13.8. The van der Waals surface area contributed by atoms with Crippen LogP contribution in [0.5, 0.6) is 0 Å². The number of rotatable bonds is 4. The molecule has 0 saturated carbocycles. The van der Waals surface area contributed by atoms with Gasteiger partial charge in [0.1, 0.15) is 0 Å². The Hall–Kier alpha value is -0.580. The zero-order valence-corrected chi connectivity index (χ0v) is 12.6. The van der Waals surface area contributed by atoms with E-state index in [1.165, 1.54) is 31.6 Å². The van der Waals surface area contributed by atoms with Crippen LogP contribution in [0.2, 0.25) is 0 Å². The second-order valence-corrected chi connectivity index (χ2v) is 5.88. The zero-order valence-electron chi connectivity index (χ0n) is 11.0. The minimum Gasteiger partial charge on any atom is -0.398 e. The Labute approximate surface area is 118 Å². The topological polar surface area (TPSA) is 32.5 Å². The Morgan fingerprint density at radius 3 is 2.44 bits per heavy atom. The summed E-state index contributed by atoms with van der Waals surface area (Å²) in [5.74, 6) is 0. The number of nitrogens with zero attached hydrogens (tertiary/aromatic N) is 2. The first-order valence-electron chi connectivity index (χ1n) is 6.67. The third-order valence-electron chi connectivity index (χ3n) is 3.51. The van der Waals surface area contributed by atoms with E-state index in [0.29, 0.717) is 0 Å². The molecule has 1 saturated heterocycles. The number of piperazine rings is 1. The van der Waals surface area contributed by atoms with Crippen molar-refractivity contribution in [2.75, 3.05) is 38.5 Å². The Kier molecular flexibility index (Phi) is 5.03. The summed E-state index contributed by atoms with van der Waals surface area (Å²) in [7, 11) is 0. The highest BCUT2D eigenvalue weighted by atomic mass is 79.9. The van der Waals surface area contributed by atoms with Gasteiger partial charge in [0.2, 0.25) is 0 Å². The molecule has 2 N–H and O–H groups in total. The van der Waals surface area contributed by atoms with Gasteiger partial charge in [-0.15, -0.1) is 0 Å². The summed E-state index contributed by atoms with van der Waals surface area (Å²) in [5, 5.41) is 0. The summed E-state index contributed by atoms with van der Waals surface area (Å²) < 4.78 is 1.05. The van der Waals surface area contributed by atoms with Crippen LogP contribution in [0, 0.1) is 0 Å². The van der Waals surface area contributed by atoms with Crippen LogP contribution in [0.1, 0.15) is 18.9 Å². The number of nitrogen functional groups attached to an aromatic ring is 1. The first-order chi connectivity index (χ1) is 8.69. The Bertz CT molecular complexity index is 387. The molecule has 3 nitrogen and oxygen atoms in total. The van der Waals surface area contributed by atoms with Crippen molar-refractivity contribution in [3.63, 3.8) is 0 Å². The van der Waals surface area contributed by atoms with Gasteiger partial charge in [-0.1, -0.05) is 28.9 Å². The van der Waals surface area contributed by atoms with Gasteiger partial charge < -0.3 is 10.6 Å². The van der Waals surface area contributed by atoms with Crippen LogP contribution in [-0.4, -0.2) is 42.5 Å². The van der Waals surface area contributed by atoms with Crippen LogP contribution < -0.4 is 5.73 Å². The van der Waals surface area contributed by atoms with E-state index in [9.17, 15) is 0 Å². The molecule has 1 heterocycles. The van der Waals surface area contributed by atoms with E-state index in [-0.39, 0.29) is 0 Å². The molecule has 4 heteroatoms. The van der Waals surface area contributed by atoms with E-state index in [4.69, 9.17) is 5.73 Å². The minimum absolute atomic E-state index is 0.889. The quantitative estimate of drug-likeness (QED) is 0.867. The average Bonchev–Trinajstić information content (AvgIpc) is 2.35. The largest absolute Gasteiger partial charge is 0.398 e. The Balaban J connectivity index is 1.87. The molecule has 0 aliphatic carbocycles. The molecule has 1 aromatic rings. The summed E-state index contributed by atoms with van der Waals surface area (Å²) in [5.41, 5.74) is 8.17. The summed E-state index contributed by atoms with van der Waals surface area (Å²) in [6.07, 6.45) is 1.25. The van der Waals surface area contributed by atoms with Crippen molar-refractivity contribution in [1.29, 1.82) is 0 Å². The molecule has 100 valence electrons. The van der Waals surface area contributed by atoms with E-state index in [2.05, 4.69) is 44.8 Å². The molecule has 1 aliphatic rings. The van der Waals surface area contributed by atoms with Crippen molar-refractivity contribution < 1.29 is 0 Å². The number of hydrogen-bond donors (Lipinski definition) is 1. The summed E-state index contributed by atoms with van der Waals surface area (Å²) >= 11 is 3.45. The highest BCUT2D eigenvalue weighted by Gasteiger charge is 2.16. The lowest BCUT2D eigenvalue weighted by molar-refractivity contribution is 0.127. The number of benzene rings is 1. The number of anilines is 1. The van der Waals surface area contributed by atoms with Crippen molar-refractivity contribution in [1.82, 2.24) is 9.80 Å². The van der Waals surface area contributed by atoms with Crippen LogP contribution in [-0.2, 0) is 6.54 Å². The maximum atomic E-state index is 6.05. The Morgan fingerprint density at radius 2 is 1.83 bits per heavy atom. The molecule has 1 aliphatic heterocycles. The lowest BCUT2D eigenvalue weighted by Gasteiger charge is -2.34. The van der Waals surface area contributed by atoms with Gasteiger partial charge in [-0.05, 0) is 30.7 Å². The Morgan fingerprint density at radius 1 is 1.17 bits per heavy atom. The van der Waals surface area contributed by atoms with Gasteiger partial charge in [0.05, 0.1) is 0 Å². The van der Waals surface area contributed by atoms with Crippen LogP contribution in [0.25, 0.3) is 0 Å². The predicted molar refractivity (Wildman–Crippen MR) is 80.6 cm³/mol. The minimum atomic E-state index is 0.889. The lowest BCUT2D eigenvalue weighted by Crippen LogP contribution is -2.46. The molecule has 0 aromatic heterocycles. The maximum Gasteiger partial charge on any atom is 0.0371 e. The van der Waals surface area contributed by atoms with Gasteiger partial charge in [-0.25, -0.2) is 0 Å². The van der Waals surface area contributed by atoms with Gasteiger partial charge in [-0.3, -0.25) is 4.90 Å². The third-order valence-corrected chi connectivity index (χ3v) is 4.00. The zero-order chi connectivity index (χ0) is 13.0. The predicted octanol–water partition coefficient (Wildman–Crippen LogP) is 2.56. The van der Waals surface area contributed by atoms with Crippen LogP contribution in [0.3, 0.4) is 0 Å². The van der Waals surface area contributed by atoms with Crippen molar-refractivity contribution >= 4 is 21.6 Å². The number of nitrogens with two attached hydrogens (primary N) is 1. The van der Waals surface area contributed by atoms with E-state index >= 15 is 0 Å². The van der Waals surface area contributed by atoms with Gasteiger partial charge in [0.15, 0.2) is 0 Å². The molecule has 0 unspecified atom stereocenters. The van der Waals surface area contributed by atoms with E-state index in [1.54, 1.807) is 0 Å². The standard InChI is InChI=1S/C14H22BrN3/c1-2-5-17-6-8-18(9-7-17)11-12-3-4-13(15)10-14(12)16/h3-4,10H,2,5-9,11,16H2,1H3. The van der Waals surface area contributed by atoms with E-state index in [1.807, 2.05) is 6.07 Å². The van der Waals surface area contributed by atoms with Gasteiger partial charge in [-0.2, -0.15) is 0 Å². The maximum absolute atomic E-state index is 6.05. The fourth-order valence-electron chi connectivity index (χ4n) is 2.44. The molecule has 1 aromatic carbocycles. The van der Waals surface area contributed by atoms with Crippen molar-refractivity contribution in [2.24, 2.45) is 0 Å². The number of hydrogen-bond acceptors (Lipinski definition) is 3. The highest BCUT2D eigenvalue weighted by Crippen LogP contribution is 2.20. The second kappa shape index (κ2) is 6.55. The fourth-order valence-corrected chi connectivity index (χ4v) is 2.82. The van der Waals surface area contributed by atoms with Gasteiger partial charge in [0.25, 0.3) is 0 Å². The summed E-state index contributed by atoms with van der Waals surface area (Å²) in [6.45, 7) is 9.11. The number of halogens is 1. The molecular formula is C14H22BrN3. The molecule has 0 bridgehead atoms. The molecule has 1 fully saturated rings. The van der Waals surface area contributed by atoms with Crippen molar-refractivity contribution in [3.05, 3.63) is 28.2 Å². The van der Waals surface area contributed by atoms with Crippen molar-refractivity contribution in [3.8, 4) is 0 Å². The van der Waals surface area contributed by atoms with Crippen LogP contribution in [0.4, 0.5) is 5.69 Å². The third kappa shape index (κ3) is 3.70. The first-order valence-corrected chi connectivity index (χ1v) is 7.47. The SMILES string of the molecule is CCCN1CCN(Cc2ccc(Br)cc2N)CC1. The van der Waals surface area contributed by atoms with Crippen LogP contribution in [0.15, 0.2) is 22.7 Å². The van der Waals surface area contributed by atoms with Gasteiger partial charge in [0, 0.05) is 42.9 Å². The molecular weight excluding hydrogens is 290 g/mol. The highest BCUT2D eigenvalue weighted by molar-refractivity contribution is 9.10. The fraction of sp³-hybridized carbons (Fsp3) is 0.571. The van der Waals surface area contributed by atoms with Gasteiger partial charge >= 0.3 is 0 Å². The van der Waals surface area contributed by atoms with E-state index < -0.39 is 0 Å². The average molecular weight is 312 g/mol. The summed E-state index contributed by atoms with van der Waals surface area (Å²) in [6, 6.07) is 6.18. The molecule has 0 amide bonds. The second-order valence-electron chi connectivity index (χ2n) is 4.96. The smallest absolute Gasteiger partial charge is 0.0371 e. The normalized spacial score (nSPS) is 18.1. The molecule has 0 radical (unpaired) electrons. The van der Waals surface area contributed by atoms with Crippen LogP contribution >= 0.6 is 15.9 Å². The summed E-state index contributed by atoms with van der Waals surface area (Å²) in [4.78, 5) is 5.03. The molecule has 18 heavy (non-hydrogen) atoms. The molecule has 0 spiro atoms.